The van der Waals surface area contributed by atoms with E-state index in [1.54, 1.807) is 30.3 Å². The fraction of sp³-hybridized carbons (Fsp3) is 0.375. The molecule has 3 aromatic rings. The van der Waals surface area contributed by atoms with Gasteiger partial charge in [-0.15, -0.1) is 0 Å². The van der Waals surface area contributed by atoms with Crippen molar-refractivity contribution in [2.75, 3.05) is 5.32 Å². The second-order valence-electron chi connectivity index (χ2n) is 9.04. The topological polar surface area (TPSA) is 71.1 Å². The van der Waals surface area contributed by atoms with Crippen LogP contribution >= 0.6 is 23.1 Å². The zero-order valence-corrected chi connectivity index (χ0v) is 20.7. The average Bonchev–Trinajstić information content (AvgIpc) is 3.11. The van der Waals surface area contributed by atoms with Gasteiger partial charge in [-0.3, -0.25) is 9.59 Å². The lowest BCUT2D eigenvalue weighted by atomic mass is 9.86. The summed E-state index contributed by atoms with van der Waals surface area (Å²) in [6, 6.07) is 11.4. The number of nitrogens with one attached hydrogen (secondary N) is 2. The molecule has 0 saturated heterocycles. The van der Waals surface area contributed by atoms with Crippen LogP contribution in [-0.4, -0.2) is 28.6 Å². The summed E-state index contributed by atoms with van der Waals surface area (Å²) in [6.07, 6.45) is 0. The molecule has 0 radical (unpaired) electrons. The van der Waals surface area contributed by atoms with Crippen LogP contribution in [0.15, 0.2) is 47.4 Å². The van der Waals surface area contributed by atoms with Gasteiger partial charge in [0.25, 0.3) is 11.7 Å². The van der Waals surface area contributed by atoms with E-state index in [2.05, 4.69) is 36.4 Å². The van der Waals surface area contributed by atoms with Gasteiger partial charge >= 0.3 is 0 Å². The minimum Gasteiger partial charge on any atom is -0.340 e. The summed E-state index contributed by atoms with van der Waals surface area (Å²) in [5.74, 6) is -3.38. The van der Waals surface area contributed by atoms with Crippen LogP contribution in [0, 0.1) is 5.92 Å². The number of fused-ring (bicyclic) bond motifs is 1. The molecule has 1 aromatic heterocycles. The molecule has 176 valence electrons. The highest BCUT2D eigenvalue weighted by Gasteiger charge is 2.26. The molecule has 2 amide bonds. The Bertz CT molecular complexity index is 1140. The molecule has 9 heteroatoms. The van der Waals surface area contributed by atoms with E-state index < -0.39 is 11.8 Å². The molecule has 0 aliphatic heterocycles. The SMILES string of the molecule is CC(C)C(NC(=O)c1ccc(C(C)(C)C)cc1)C(=O)Nc1nc2ccc(SC(F)F)cc2s1. The molecule has 33 heavy (non-hydrogen) atoms. The number of benzene rings is 2. The molecular weight excluding hydrogens is 464 g/mol. The molecule has 0 saturated carbocycles. The molecule has 0 aliphatic rings. The number of amides is 2. The maximum atomic E-state index is 12.9. The molecule has 1 heterocycles. The Morgan fingerprint density at radius 2 is 1.73 bits per heavy atom. The van der Waals surface area contributed by atoms with Crippen molar-refractivity contribution in [1.82, 2.24) is 10.3 Å². The standard InChI is InChI=1S/C24H27F2N3O2S2/c1-13(2)19(28-20(30)14-6-8-15(9-7-14)24(3,4)5)21(31)29-23-27-17-11-10-16(32-22(25)26)12-18(17)33-23/h6-13,19,22H,1-5H3,(H,28,30)(H,27,29,31). The number of thiazole rings is 1. The Balaban J connectivity index is 1.71. The Labute approximate surface area is 200 Å². The molecule has 3 rings (SSSR count). The van der Waals surface area contributed by atoms with Crippen LogP contribution in [0.4, 0.5) is 13.9 Å². The van der Waals surface area contributed by atoms with Crippen molar-refractivity contribution in [3.8, 4) is 0 Å². The predicted molar refractivity (Wildman–Crippen MR) is 131 cm³/mol. The number of nitrogens with zero attached hydrogens (tertiary/aromatic N) is 1. The zero-order valence-electron chi connectivity index (χ0n) is 19.1. The smallest absolute Gasteiger partial charge is 0.288 e. The third kappa shape index (κ3) is 6.51. The Hall–Kier alpha value is -2.52. The number of aromatic nitrogens is 1. The van der Waals surface area contributed by atoms with Crippen LogP contribution in [0.1, 0.15) is 50.5 Å². The lowest BCUT2D eigenvalue weighted by Crippen LogP contribution is -2.47. The van der Waals surface area contributed by atoms with Crippen LogP contribution < -0.4 is 10.6 Å². The highest BCUT2D eigenvalue weighted by Crippen LogP contribution is 2.32. The van der Waals surface area contributed by atoms with Crippen LogP contribution in [0.2, 0.25) is 0 Å². The molecule has 2 aromatic carbocycles. The molecule has 0 bridgehead atoms. The number of anilines is 1. The van der Waals surface area contributed by atoms with Crippen molar-refractivity contribution < 1.29 is 18.4 Å². The van der Waals surface area contributed by atoms with E-state index in [1.807, 2.05) is 26.0 Å². The van der Waals surface area contributed by atoms with Gasteiger partial charge in [-0.2, -0.15) is 8.78 Å². The summed E-state index contributed by atoms with van der Waals surface area (Å²) in [5.41, 5.74) is 2.18. The van der Waals surface area contributed by atoms with Crippen molar-refractivity contribution in [1.29, 1.82) is 0 Å². The highest BCUT2D eigenvalue weighted by molar-refractivity contribution is 7.99. The summed E-state index contributed by atoms with van der Waals surface area (Å²) in [4.78, 5) is 30.5. The quantitative estimate of drug-likeness (QED) is 0.381. The van der Waals surface area contributed by atoms with E-state index in [1.165, 1.54) is 11.3 Å². The van der Waals surface area contributed by atoms with Gasteiger partial charge in [-0.25, -0.2) is 4.98 Å². The van der Waals surface area contributed by atoms with Gasteiger partial charge in [0, 0.05) is 10.5 Å². The fourth-order valence-electron chi connectivity index (χ4n) is 3.20. The second kappa shape index (κ2) is 10.2. The zero-order chi connectivity index (χ0) is 24.3. The molecule has 0 fully saturated rings. The molecule has 1 atom stereocenters. The third-order valence-corrected chi connectivity index (χ3v) is 6.70. The van der Waals surface area contributed by atoms with Crippen LogP contribution in [0.5, 0.6) is 0 Å². The number of rotatable bonds is 7. The first kappa shape index (κ1) is 25.1. The molecule has 0 aliphatic carbocycles. The van der Waals surface area contributed by atoms with Crippen molar-refractivity contribution >= 4 is 50.3 Å². The Kier molecular flexibility index (Phi) is 7.74. The number of carbonyl (C=O) groups is 2. The first-order chi connectivity index (χ1) is 15.4. The maximum Gasteiger partial charge on any atom is 0.288 e. The van der Waals surface area contributed by atoms with E-state index in [0.717, 1.165) is 5.56 Å². The minimum atomic E-state index is -2.50. The van der Waals surface area contributed by atoms with Gasteiger partial charge in [0.15, 0.2) is 5.13 Å². The number of thioether (sulfide) groups is 1. The normalized spacial score (nSPS) is 12.9. The maximum absolute atomic E-state index is 12.9. The van der Waals surface area contributed by atoms with Crippen LogP contribution in [-0.2, 0) is 10.2 Å². The number of hydrogen-bond donors (Lipinski definition) is 2. The summed E-state index contributed by atoms with van der Waals surface area (Å²) in [6.45, 7) is 9.99. The number of hydrogen-bond acceptors (Lipinski definition) is 5. The largest absolute Gasteiger partial charge is 0.340 e. The lowest BCUT2D eigenvalue weighted by Gasteiger charge is -2.22. The third-order valence-electron chi connectivity index (χ3n) is 5.06. The second-order valence-corrected chi connectivity index (χ2v) is 11.1. The summed E-state index contributed by atoms with van der Waals surface area (Å²) in [7, 11) is 0. The summed E-state index contributed by atoms with van der Waals surface area (Å²) in [5, 5.41) is 5.92. The van der Waals surface area contributed by atoms with E-state index in [4.69, 9.17) is 0 Å². The van der Waals surface area contributed by atoms with Gasteiger partial charge in [-0.1, -0.05) is 69.9 Å². The van der Waals surface area contributed by atoms with Crippen LogP contribution in [0.25, 0.3) is 10.2 Å². The molecule has 5 nitrogen and oxygen atoms in total. The van der Waals surface area contributed by atoms with Crippen molar-refractivity contribution in [2.45, 2.75) is 56.7 Å². The summed E-state index contributed by atoms with van der Waals surface area (Å²) >= 11 is 1.66. The van der Waals surface area contributed by atoms with E-state index >= 15 is 0 Å². The van der Waals surface area contributed by atoms with E-state index in [9.17, 15) is 18.4 Å². The predicted octanol–water partition coefficient (Wildman–Crippen LogP) is 6.30. The van der Waals surface area contributed by atoms with Crippen LogP contribution in [0.3, 0.4) is 0 Å². The number of alkyl halides is 2. The van der Waals surface area contributed by atoms with Crippen molar-refractivity contribution in [2.24, 2.45) is 5.92 Å². The molecule has 1 unspecified atom stereocenters. The molecule has 0 spiro atoms. The van der Waals surface area contributed by atoms with E-state index in [0.29, 0.717) is 37.6 Å². The van der Waals surface area contributed by atoms with Crippen molar-refractivity contribution in [3.63, 3.8) is 0 Å². The number of carbonyl (C=O) groups excluding carboxylic acids is 2. The van der Waals surface area contributed by atoms with E-state index in [-0.39, 0.29) is 23.1 Å². The van der Waals surface area contributed by atoms with Gasteiger partial charge in [-0.05, 0) is 47.2 Å². The summed E-state index contributed by atoms with van der Waals surface area (Å²) < 4.78 is 25.9. The molecular formula is C24H27F2N3O2S2. The van der Waals surface area contributed by atoms with Gasteiger partial charge in [0.1, 0.15) is 6.04 Å². The first-order valence-corrected chi connectivity index (χ1v) is 12.2. The lowest BCUT2D eigenvalue weighted by molar-refractivity contribution is -0.118. The monoisotopic (exact) mass is 491 g/mol. The van der Waals surface area contributed by atoms with Gasteiger partial charge in [0.05, 0.1) is 10.2 Å². The van der Waals surface area contributed by atoms with Gasteiger partial charge in [0.2, 0.25) is 5.91 Å². The highest BCUT2D eigenvalue weighted by atomic mass is 32.2. The van der Waals surface area contributed by atoms with Crippen molar-refractivity contribution in [3.05, 3.63) is 53.6 Å². The first-order valence-electron chi connectivity index (χ1n) is 10.5. The minimum absolute atomic E-state index is 0.0223. The number of halogens is 2. The fourth-order valence-corrected chi connectivity index (χ4v) is 4.72. The Morgan fingerprint density at radius 1 is 1.06 bits per heavy atom. The molecule has 2 N–H and O–H groups in total. The average molecular weight is 492 g/mol. The van der Waals surface area contributed by atoms with Gasteiger partial charge < -0.3 is 10.6 Å². The Morgan fingerprint density at radius 3 is 2.30 bits per heavy atom.